The summed E-state index contributed by atoms with van der Waals surface area (Å²) in [6.07, 6.45) is 2.00. The molecule has 0 aliphatic carbocycles. The number of halogens is 1. The number of rotatable bonds is 0. The zero-order valence-corrected chi connectivity index (χ0v) is 8.70. The largest absolute Gasteiger partial charge is 0.453 e. The minimum atomic E-state index is -0.187. The molecule has 0 aromatic heterocycles. The van der Waals surface area contributed by atoms with Crippen LogP contribution in [0.25, 0.3) is 0 Å². The Bertz CT molecular complexity index is 143. The molecule has 1 aliphatic heterocycles. The lowest BCUT2D eigenvalue weighted by Gasteiger charge is -2.27. The molecule has 0 aromatic carbocycles. The quantitative estimate of drug-likeness (QED) is 0.494. The summed E-state index contributed by atoms with van der Waals surface area (Å²) in [6, 6.07) is 0. The van der Waals surface area contributed by atoms with Gasteiger partial charge in [-0.05, 0) is 12.8 Å². The predicted molar refractivity (Wildman–Crippen MR) is 51.0 cm³/mol. The summed E-state index contributed by atoms with van der Waals surface area (Å²) < 4.78 is 5.34. The minimum absolute atomic E-state index is 0.187. The molecule has 0 aromatic rings. The van der Waals surface area contributed by atoms with Gasteiger partial charge in [0.25, 0.3) is 0 Å². The molecule has 0 saturated carbocycles. The molecule has 0 unspecified atom stereocenters. The van der Waals surface area contributed by atoms with Crippen LogP contribution in [0.1, 0.15) is 12.8 Å². The first-order chi connectivity index (χ1) is 5.24. The maximum atomic E-state index is 11.0. The Balaban J connectivity index is 2.33. The van der Waals surface area contributed by atoms with Crippen LogP contribution in [0.4, 0.5) is 4.79 Å². The number of methoxy groups -OCH3 is 1. The van der Waals surface area contributed by atoms with Gasteiger partial charge in [-0.25, -0.2) is 4.79 Å². The second-order valence-corrected chi connectivity index (χ2v) is 4.39. The number of nitrogens with zero attached hydrogens (tertiary/aromatic N) is 1. The van der Waals surface area contributed by atoms with Crippen molar-refractivity contribution in [1.29, 1.82) is 0 Å². The van der Waals surface area contributed by atoms with Crippen LogP contribution in [0.3, 0.4) is 0 Å². The maximum absolute atomic E-state index is 11.0. The van der Waals surface area contributed by atoms with Gasteiger partial charge in [-0.3, -0.25) is 0 Å². The van der Waals surface area contributed by atoms with Crippen molar-refractivity contribution in [3.63, 3.8) is 0 Å². The number of ether oxygens (including phenoxy) is 1. The van der Waals surface area contributed by atoms with E-state index >= 15 is 0 Å². The van der Waals surface area contributed by atoms with E-state index < -0.39 is 0 Å². The van der Waals surface area contributed by atoms with Gasteiger partial charge in [0.1, 0.15) is 0 Å². The SMILES string of the molecule is COC(=O)N1CCC(I)CC1. The fraction of sp³-hybridized carbons (Fsp3) is 0.857. The van der Waals surface area contributed by atoms with Crippen LogP contribution in [0.2, 0.25) is 0 Å². The first kappa shape index (κ1) is 9.09. The van der Waals surface area contributed by atoms with E-state index in [1.165, 1.54) is 7.11 Å². The summed E-state index contributed by atoms with van der Waals surface area (Å²) in [7, 11) is 1.43. The van der Waals surface area contributed by atoms with Crippen LogP contribution in [0.15, 0.2) is 0 Å². The molecule has 0 N–H and O–H groups in total. The zero-order valence-electron chi connectivity index (χ0n) is 6.55. The van der Waals surface area contributed by atoms with Crippen molar-refractivity contribution in [3.8, 4) is 0 Å². The van der Waals surface area contributed by atoms with E-state index in [2.05, 4.69) is 27.3 Å². The van der Waals surface area contributed by atoms with Gasteiger partial charge in [0.2, 0.25) is 0 Å². The number of piperidine rings is 1. The summed E-state index contributed by atoms with van der Waals surface area (Å²) in [5.74, 6) is 0. The molecule has 1 saturated heterocycles. The second kappa shape index (κ2) is 4.13. The van der Waals surface area contributed by atoms with Crippen LogP contribution in [0, 0.1) is 0 Å². The number of likely N-dealkylation sites (tertiary alicyclic amines) is 1. The summed E-state index contributed by atoms with van der Waals surface area (Å²) >= 11 is 2.42. The van der Waals surface area contributed by atoms with E-state index in [0.29, 0.717) is 0 Å². The normalized spacial score (nSPS) is 20.0. The number of carbonyl (C=O) groups excluding carboxylic acids is 1. The Morgan fingerprint density at radius 1 is 1.55 bits per heavy atom. The number of hydrogen-bond donors (Lipinski definition) is 0. The van der Waals surface area contributed by atoms with Crippen LogP contribution in [-0.4, -0.2) is 35.1 Å². The van der Waals surface area contributed by atoms with Gasteiger partial charge in [0, 0.05) is 17.0 Å². The summed E-state index contributed by atoms with van der Waals surface area (Å²) in [5.41, 5.74) is 0. The number of carbonyl (C=O) groups is 1. The van der Waals surface area contributed by atoms with Gasteiger partial charge >= 0.3 is 6.09 Å². The topological polar surface area (TPSA) is 29.5 Å². The Morgan fingerprint density at radius 3 is 2.55 bits per heavy atom. The first-order valence-electron chi connectivity index (χ1n) is 3.71. The first-order valence-corrected chi connectivity index (χ1v) is 4.95. The molecule has 1 aliphatic rings. The van der Waals surface area contributed by atoms with Crippen molar-refractivity contribution in [3.05, 3.63) is 0 Å². The summed E-state index contributed by atoms with van der Waals surface area (Å²) in [6.45, 7) is 1.69. The van der Waals surface area contributed by atoms with E-state index in [1.807, 2.05) is 0 Å². The smallest absolute Gasteiger partial charge is 0.409 e. The third-order valence-electron chi connectivity index (χ3n) is 1.86. The molecule has 3 nitrogen and oxygen atoms in total. The molecule has 1 fully saturated rings. The minimum Gasteiger partial charge on any atom is -0.453 e. The van der Waals surface area contributed by atoms with Crippen LogP contribution in [0.5, 0.6) is 0 Å². The second-order valence-electron chi connectivity index (χ2n) is 2.63. The lowest BCUT2D eigenvalue weighted by atomic mass is 10.1. The molecule has 64 valence electrons. The van der Waals surface area contributed by atoms with Crippen molar-refractivity contribution in [2.45, 2.75) is 16.8 Å². The summed E-state index contributed by atoms with van der Waals surface area (Å²) in [4.78, 5) is 12.7. The van der Waals surface area contributed by atoms with Crippen LogP contribution < -0.4 is 0 Å². The molecule has 0 spiro atoms. The van der Waals surface area contributed by atoms with E-state index in [-0.39, 0.29) is 6.09 Å². The van der Waals surface area contributed by atoms with E-state index in [9.17, 15) is 4.79 Å². The standard InChI is InChI=1S/C7H12INO2/c1-11-7(10)9-4-2-6(8)3-5-9/h6H,2-5H2,1H3. The van der Waals surface area contributed by atoms with Crippen molar-refractivity contribution in [1.82, 2.24) is 4.90 Å². The van der Waals surface area contributed by atoms with Crippen molar-refractivity contribution >= 4 is 28.7 Å². The van der Waals surface area contributed by atoms with E-state index in [4.69, 9.17) is 0 Å². The molecular weight excluding hydrogens is 257 g/mol. The monoisotopic (exact) mass is 269 g/mol. The van der Waals surface area contributed by atoms with Crippen LogP contribution in [-0.2, 0) is 4.74 Å². The highest BCUT2D eigenvalue weighted by atomic mass is 127. The fourth-order valence-corrected chi connectivity index (χ4v) is 1.72. The fourth-order valence-electron chi connectivity index (χ4n) is 1.16. The maximum Gasteiger partial charge on any atom is 0.409 e. The molecule has 4 heteroatoms. The lowest BCUT2D eigenvalue weighted by molar-refractivity contribution is 0.117. The third-order valence-corrected chi connectivity index (χ3v) is 3.10. The molecule has 1 rings (SSSR count). The average Bonchev–Trinajstić information content (AvgIpc) is 2.05. The highest BCUT2D eigenvalue weighted by Gasteiger charge is 2.20. The predicted octanol–water partition coefficient (Wildman–Crippen LogP) is 1.65. The van der Waals surface area contributed by atoms with E-state index in [0.717, 1.165) is 29.9 Å². The van der Waals surface area contributed by atoms with Gasteiger partial charge in [0.05, 0.1) is 7.11 Å². The van der Waals surface area contributed by atoms with Crippen molar-refractivity contribution < 1.29 is 9.53 Å². The molecular formula is C7H12INO2. The number of amides is 1. The van der Waals surface area contributed by atoms with Gasteiger partial charge in [-0.2, -0.15) is 0 Å². The molecule has 0 bridgehead atoms. The van der Waals surface area contributed by atoms with E-state index in [1.54, 1.807) is 4.90 Å². The molecule has 0 radical (unpaired) electrons. The van der Waals surface area contributed by atoms with Gasteiger partial charge < -0.3 is 9.64 Å². The molecule has 1 amide bonds. The highest BCUT2D eigenvalue weighted by Crippen LogP contribution is 2.17. The highest BCUT2D eigenvalue weighted by molar-refractivity contribution is 14.1. The Kier molecular flexibility index (Phi) is 3.42. The average molecular weight is 269 g/mol. The zero-order chi connectivity index (χ0) is 8.27. The Hall–Kier alpha value is 0. The van der Waals surface area contributed by atoms with Gasteiger partial charge in [0.15, 0.2) is 0 Å². The lowest BCUT2D eigenvalue weighted by Crippen LogP contribution is -2.38. The van der Waals surface area contributed by atoms with Crippen molar-refractivity contribution in [2.24, 2.45) is 0 Å². The van der Waals surface area contributed by atoms with Gasteiger partial charge in [-0.1, -0.05) is 22.6 Å². The molecule has 1 heterocycles. The Labute approximate surface area is 80.2 Å². The number of hydrogen-bond acceptors (Lipinski definition) is 2. The third kappa shape index (κ3) is 2.50. The van der Waals surface area contributed by atoms with Gasteiger partial charge in [-0.15, -0.1) is 0 Å². The number of alkyl halides is 1. The summed E-state index contributed by atoms with van der Waals surface area (Å²) in [5, 5.41) is 0. The van der Waals surface area contributed by atoms with Crippen LogP contribution >= 0.6 is 22.6 Å². The Morgan fingerprint density at radius 2 is 2.09 bits per heavy atom. The molecule has 11 heavy (non-hydrogen) atoms. The molecule has 0 atom stereocenters. The van der Waals surface area contributed by atoms with Crippen molar-refractivity contribution in [2.75, 3.05) is 20.2 Å².